The van der Waals surface area contributed by atoms with Crippen LogP contribution in [-0.4, -0.2) is 30.9 Å². The molecular formula is C12H22N2O2. The van der Waals surface area contributed by atoms with Crippen molar-refractivity contribution in [2.75, 3.05) is 19.8 Å². The zero-order chi connectivity index (χ0) is 12.0. The predicted octanol–water partition coefficient (Wildman–Crippen LogP) is 1.80. The SMILES string of the molecule is C/C=C\C(CC)=C1\OCC(OCC)CN1N. The van der Waals surface area contributed by atoms with Gasteiger partial charge in [-0.3, -0.25) is 5.01 Å². The van der Waals surface area contributed by atoms with Crippen LogP contribution in [0.5, 0.6) is 0 Å². The maximum absolute atomic E-state index is 5.94. The van der Waals surface area contributed by atoms with Gasteiger partial charge in [0.2, 0.25) is 5.88 Å². The first kappa shape index (κ1) is 13.1. The lowest BCUT2D eigenvalue weighted by Crippen LogP contribution is -2.46. The molecule has 1 heterocycles. The summed E-state index contributed by atoms with van der Waals surface area (Å²) in [5.41, 5.74) is 1.12. The summed E-state index contributed by atoms with van der Waals surface area (Å²) in [6.45, 7) is 8.01. The number of ether oxygens (including phenoxy) is 2. The van der Waals surface area contributed by atoms with Crippen LogP contribution >= 0.6 is 0 Å². The monoisotopic (exact) mass is 226 g/mol. The van der Waals surface area contributed by atoms with Crippen molar-refractivity contribution in [1.82, 2.24) is 5.01 Å². The fourth-order valence-electron chi connectivity index (χ4n) is 1.77. The van der Waals surface area contributed by atoms with E-state index in [1.54, 1.807) is 5.01 Å². The molecule has 0 bridgehead atoms. The van der Waals surface area contributed by atoms with Crippen molar-refractivity contribution >= 4 is 0 Å². The molecule has 1 aliphatic rings. The maximum atomic E-state index is 5.94. The summed E-state index contributed by atoms with van der Waals surface area (Å²) in [7, 11) is 0. The van der Waals surface area contributed by atoms with Gasteiger partial charge in [-0.05, 0) is 20.3 Å². The number of allylic oxidation sites excluding steroid dienone is 3. The summed E-state index contributed by atoms with van der Waals surface area (Å²) in [5, 5.41) is 1.64. The lowest BCUT2D eigenvalue weighted by atomic mass is 10.2. The van der Waals surface area contributed by atoms with Crippen LogP contribution in [0.25, 0.3) is 0 Å². The van der Waals surface area contributed by atoms with Crippen molar-refractivity contribution in [3.05, 3.63) is 23.6 Å². The van der Waals surface area contributed by atoms with Gasteiger partial charge in [0.25, 0.3) is 0 Å². The van der Waals surface area contributed by atoms with Crippen molar-refractivity contribution in [1.29, 1.82) is 0 Å². The van der Waals surface area contributed by atoms with Gasteiger partial charge in [-0.2, -0.15) is 0 Å². The van der Waals surface area contributed by atoms with Gasteiger partial charge in [-0.25, -0.2) is 5.84 Å². The molecule has 4 heteroatoms. The van der Waals surface area contributed by atoms with E-state index in [4.69, 9.17) is 15.3 Å². The van der Waals surface area contributed by atoms with Gasteiger partial charge >= 0.3 is 0 Å². The van der Waals surface area contributed by atoms with E-state index in [-0.39, 0.29) is 6.10 Å². The van der Waals surface area contributed by atoms with Gasteiger partial charge in [0.1, 0.15) is 12.7 Å². The molecular weight excluding hydrogens is 204 g/mol. The van der Waals surface area contributed by atoms with Gasteiger partial charge in [-0.15, -0.1) is 0 Å². The van der Waals surface area contributed by atoms with E-state index in [1.807, 2.05) is 26.0 Å². The normalized spacial score (nSPS) is 24.8. The van der Waals surface area contributed by atoms with Crippen molar-refractivity contribution in [2.45, 2.75) is 33.3 Å². The molecule has 4 nitrogen and oxygen atoms in total. The molecule has 0 aliphatic carbocycles. The van der Waals surface area contributed by atoms with Crippen LogP contribution in [0.4, 0.5) is 0 Å². The van der Waals surface area contributed by atoms with E-state index in [9.17, 15) is 0 Å². The van der Waals surface area contributed by atoms with E-state index >= 15 is 0 Å². The largest absolute Gasteiger partial charge is 0.475 e. The van der Waals surface area contributed by atoms with Gasteiger partial charge in [0.05, 0.1) is 6.54 Å². The molecule has 92 valence electrons. The van der Waals surface area contributed by atoms with Crippen molar-refractivity contribution in [3.63, 3.8) is 0 Å². The Kier molecular flexibility index (Phi) is 5.35. The Hall–Kier alpha value is -1.00. The third-order valence-corrected chi connectivity index (χ3v) is 2.49. The molecule has 0 amide bonds. The Bertz CT molecular complexity index is 274. The number of hydrazine groups is 1. The minimum absolute atomic E-state index is 0.0717. The minimum Gasteiger partial charge on any atom is -0.475 e. The molecule has 0 aromatic heterocycles. The minimum atomic E-state index is 0.0717. The molecule has 0 aromatic rings. The number of hydrogen-bond acceptors (Lipinski definition) is 4. The molecule has 0 saturated carbocycles. The Morgan fingerprint density at radius 3 is 2.88 bits per heavy atom. The molecule has 1 rings (SSSR count). The molecule has 2 N–H and O–H groups in total. The molecule has 16 heavy (non-hydrogen) atoms. The van der Waals surface area contributed by atoms with Crippen molar-refractivity contribution in [3.8, 4) is 0 Å². The van der Waals surface area contributed by atoms with Crippen LogP contribution in [0.1, 0.15) is 27.2 Å². The highest BCUT2D eigenvalue weighted by atomic mass is 16.5. The number of rotatable bonds is 4. The summed E-state index contributed by atoms with van der Waals surface area (Å²) < 4.78 is 11.2. The van der Waals surface area contributed by atoms with E-state index in [0.717, 1.165) is 17.9 Å². The van der Waals surface area contributed by atoms with Crippen LogP contribution in [0.15, 0.2) is 23.6 Å². The zero-order valence-corrected chi connectivity index (χ0v) is 10.4. The smallest absolute Gasteiger partial charge is 0.207 e. The van der Waals surface area contributed by atoms with E-state index < -0.39 is 0 Å². The molecule has 1 unspecified atom stereocenters. The van der Waals surface area contributed by atoms with E-state index in [1.165, 1.54) is 0 Å². The Morgan fingerprint density at radius 1 is 1.62 bits per heavy atom. The molecule has 1 fully saturated rings. The van der Waals surface area contributed by atoms with Crippen LogP contribution < -0.4 is 5.84 Å². The van der Waals surface area contributed by atoms with Crippen LogP contribution in [-0.2, 0) is 9.47 Å². The molecule has 0 spiro atoms. The average molecular weight is 226 g/mol. The average Bonchev–Trinajstić information content (AvgIpc) is 2.27. The van der Waals surface area contributed by atoms with Crippen LogP contribution in [0, 0.1) is 0 Å². The first-order valence-electron chi connectivity index (χ1n) is 5.85. The van der Waals surface area contributed by atoms with Crippen molar-refractivity contribution < 1.29 is 9.47 Å². The lowest BCUT2D eigenvalue weighted by molar-refractivity contribution is -0.0648. The Labute approximate surface area is 97.7 Å². The van der Waals surface area contributed by atoms with Gasteiger partial charge in [-0.1, -0.05) is 19.1 Å². The summed E-state index contributed by atoms with van der Waals surface area (Å²) >= 11 is 0. The molecule has 1 atom stereocenters. The first-order valence-corrected chi connectivity index (χ1v) is 5.85. The third kappa shape index (κ3) is 3.25. The quantitative estimate of drug-likeness (QED) is 0.742. The maximum Gasteiger partial charge on any atom is 0.207 e. The second kappa shape index (κ2) is 6.55. The highest BCUT2D eigenvalue weighted by Gasteiger charge is 2.24. The van der Waals surface area contributed by atoms with Crippen LogP contribution in [0.2, 0.25) is 0 Å². The summed E-state index contributed by atoms with van der Waals surface area (Å²) in [6.07, 6.45) is 5.02. The number of nitrogens with zero attached hydrogens (tertiary/aromatic N) is 1. The molecule has 1 aliphatic heterocycles. The Balaban J connectivity index is 2.71. The standard InChI is InChI=1S/C12H22N2O2/c1-4-7-10(5-2)12-14(13)8-11(9-16-12)15-6-3/h4,7,11H,5-6,8-9,13H2,1-3H3/b7-4-,12-10+. The number of hydrogen-bond donors (Lipinski definition) is 1. The fraction of sp³-hybridized carbons (Fsp3) is 0.667. The fourth-order valence-corrected chi connectivity index (χ4v) is 1.77. The van der Waals surface area contributed by atoms with Gasteiger partial charge < -0.3 is 9.47 Å². The van der Waals surface area contributed by atoms with Gasteiger partial charge in [0, 0.05) is 12.2 Å². The van der Waals surface area contributed by atoms with Crippen molar-refractivity contribution in [2.24, 2.45) is 5.84 Å². The second-order valence-corrected chi connectivity index (χ2v) is 3.72. The Morgan fingerprint density at radius 2 is 2.38 bits per heavy atom. The van der Waals surface area contributed by atoms with E-state index in [0.29, 0.717) is 19.8 Å². The lowest BCUT2D eigenvalue weighted by Gasteiger charge is -2.33. The zero-order valence-electron chi connectivity index (χ0n) is 10.4. The molecule has 0 aromatic carbocycles. The summed E-state index contributed by atoms with van der Waals surface area (Å²) in [5.74, 6) is 6.72. The second-order valence-electron chi connectivity index (χ2n) is 3.72. The summed E-state index contributed by atoms with van der Waals surface area (Å²) in [6, 6.07) is 0. The molecule has 1 saturated heterocycles. The first-order chi connectivity index (χ1) is 7.72. The highest BCUT2D eigenvalue weighted by molar-refractivity contribution is 5.21. The van der Waals surface area contributed by atoms with Crippen LogP contribution in [0.3, 0.4) is 0 Å². The predicted molar refractivity (Wildman–Crippen MR) is 64.4 cm³/mol. The molecule has 0 radical (unpaired) electrons. The number of nitrogens with two attached hydrogens (primary N) is 1. The topological polar surface area (TPSA) is 47.7 Å². The van der Waals surface area contributed by atoms with E-state index in [2.05, 4.69) is 6.92 Å². The highest BCUT2D eigenvalue weighted by Crippen LogP contribution is 2.19. The van der Waals surface area contributed by atoms with Gasteiger partial charge in [0.15, 0.2) is 0 Å². The summed E-state index contributed by atoms with van der Waals surface area (Å²) in [4.78, 5) is 0. The third-order valence-electron chi connectivity index (χ3n) is 2.49.